The first-order chi connectivity index (χ1) is 14.7. The molecular weight excluding hydrogens is 386 g/mol. The quantitative estimate of drug-likeness (QED) is 0.774. The van der Waals surface area contributed by atoms with Crippen molar-refractivity contribution in [3.63, 3.8) is 0 Å². The van der Waals surface area contributed by atoms with Crippen molar-refractivity contribution < 1.29 is 14.3 Å². The lowest BCUT2D eigenvalue weighted by Crippen LogP contribution is -2.40. The van der Waals surface area contributed by atoms with E-state index in [-0.39, 0.29) is 12.3 Å². The molecule has 1 aromatic carbocycles. The first-order valence-electron chi connectivity index (χ1n) is 9.91. The summed E-state index contributed by atoms with van der Waals surface area (Å²) in [5.74, 6) is 1.50. The maximum Gasteiger partial charge on any atom is 0.238 e. The molecule has 10 heteroatoms. The van der Waals surface area contributed by atoms with Gasteiger partial charge in [-0.15, -0.1) is 0 Å². The Hall–Kier alpha value is -3.29. The van der Waals surface area contributed by atoms with Crippen LogP contribution < -0.4 is 15.1 Å². The lowest BCUT2D eigenvalue weighted by atomic mass is 10.2. The Morgan fingerprint density at radius 1 is 0.933 bits per heavy atom. The minimum atomic E-state index is -0.338. The Labute approximate surface area is 174 Å². The van der Waals surface area contributed by atoms with Gasteiger partial charge in [-0.05, 0) is 24.3 Å². The summed E-state index contributed by atoms with van der Waals surface area (Å²) in [6.07, 6.45) is -0.180. The van der Waals surface area contributed by atoms with Crippen molar-refractivity contribution in [2.75, 3.05) is 67.7 Å². The number of hydrogen-bond donors (Lipinski definition) is 1. The van der Waals surface area contributed by atoms with Gasteiger partial charge in [-0.2, -0.15) is 20.2 Å². The van der Waals surface area contributed by atoms with Crippen LogP contribution in [0.2, 0.25) is 0 Å². The summed E-state index contributed by atoms with van der Waals surface area (Å²) in [4.78, 5) is 29.9. The van der Waals surface area contributed by atoms with E-state index in [9.17, 15) is 4.79 Å². The van der Waals surface area contributed by atoms with E-state index in [2.05, 4.69) is 15.1 Å². The first-order valence-corrected chi connectivity index (χ1v) is 9.91. The fourth-order valence-electron chi connectivity index (χ4n) is 3.27. The zero-order valence-corrected chi connectivity index (χ0v) is 16.6. The summed E-state index contributed by atoms with van der Waals surface area (Å²) >= 11 is 0. The van der Waals surface area contributed by atoms with Crippen LogP contribution in [-0.4, -0.2) is 73.5 Å². The Kier molecular flexibility index (Phi) is 6.32. The van der Waals surface area contributed by atoms with E-state index in [0.29, 0.717) is 49.8 Å². The number of morpholine rings is 2. The maximum atomic E-state index is 11.6. The van der Waals surface area contributed by atoms with Gasteiger partial charge in [0.1, 0.15) is 6.42 Å². The molecule has 0 radical (unpaired) electrons. The van der Waals surface area contributed by atoms with Crippen LogP contribution in [-0.2, 0) is 14.3 Å². The predicted molar refractivity (Wildman–Crippen MR) is 110 cm³/mol. The lowest BCUT2D eigenvalue weighted by Gasteiger charge is -2.30. The summed E-state index contributed by atoms with van der Waals surface area (Å²) in [6, 6.07) is 9.09. The predicted octanol–water partition coefficient (Wildman–Crippen LogP) is 1.06. The molecule has 0 spiro atoms. The second-order valence-corrected chi connectivity index (χ2v) is 6.92. The number of carbonyl (C=O) groups is 1. The number of carbonyl (C=O) groups excluding carboxylic acids is 1. The fourth-order valence-corrected chi connectivity index (χ4v) is 3.27. The molecule has 3 heterocycles. The molecule has 2 fully saturated rings. The third-order valence-corrected chi connectivity index (χ3v) is 4.87. The van der Waals surface area contributed by atoms with Gasteiger partial charge in [-0.1, -0.05) is 0 Å². The molecule has 1 aromatic heterocycles. The SMILES string of the molecule is N#CCC(=O)Nc1ccc(-c2nc(N3CCOCC3)nc(N3CCOCC3)n2)cc1. The number of anilines is 3. The van der Waals surface area contributed by atoms with Gasteiger partial charge in [0.2, 0.25) is 17.8 Å². The molecule has 2 saturated heterocycles. The number of hydrogen-bond acceptors (Lipinski definition) is 9. The van der Waals surface area contributed by atoms with Crippen molar-refractivity contribution in [2.24, 2.45) is 0 Å². The van der Waals surface area contributed by atoms with E-state index in [1.165, 1.54) is 0 Å². The monoisotopic (exact) mass is 409 g/mol. The highest BCUT2D eigenvalue weighted by Crippen LogP contribution is 2.24. The average molecular weight is 409 g/mol. The maximum absolute atomic E-state index is 11.6. The summed E-state index contributed by atoms with van der Waals surface area (Å²) in [7, 11) is 0. The summed E-state index contributed by atoms with van der Waals surface area (Å²) in [6.45, 7) is 5.50. The number of nitrogens with zero attached hydrogens (tertiary/aromatic N) is 6. The molecule has 2 aromatic rings. The van der Waals surface area contributed by atoms with Crippen molar-refractivity contribution in [3.8, 4) is 17.5 Å². The Morgan fingerprint density at radius 2 is 1.47 bits per heavy atom. The van der Waals surface area contributed by atoms with Crippen LogP contribution in [0, 0.1) is 11.3 Å². The third-order valence-electron chi connectivity index (χ3n) is 4.87. The number of nitriles is 1. The van der Waals surface area contributed by atoms with Crippen LogP contribution in [0.1, 0.15) is 6.42 Å². The standard InChI is InChI=1S/C20H23N7O3/c21-6-5-17(28)22-16-3-1-15(2-4-16)18-23-19(26-7-11-29-12-8-26)25-20(24-18)27-9-13-30-14-10-27/h1-4H,5,7-14H2,(H,22,28). The molecular formula is C20H23N7O3. The van der Waals surface area contributed by atoms with Gasteiger partial charge in [0.15, 0.2) is 5.82 Å². The minimum absolute atomic E-state index is 0.180. The van der Waals surface area contributed by atoms with Crippen LogP contribution in [0.4, 0.5) is 17.6 Å². The fraction of sp³-hybridized carbons (Fsp3) is 0.450. The molecule has 0 aliphatic carbocycles. The molecule has 2 aliphatic rings. The minimum Gasteiger partial charge on any atom is -0.378 e. The van der Waals surface area contributed by atoms with E-state index in [1.54, 1.807) is 12.1 Å². The molecule has 1 amide bonds. The molecule has 2 aliphatic heterocycles. The van der Waals surface area contributed by atoms with Gasteiger partial charge < -0.3 is 24.6 Å². The molecule has 10 nitrogen and oxygen atoms in total. The number of nitrogens with one attached hydrogen (secondary N) is 1. The van der Waals surface area contributed by atoms with Crippen LogP contribution in [0.3, 0.4) is 0 Å². The molecule has 0 saturated carbocycles. The second kappa shape index (κ2) is 9.47. The highest BCUT2D eigenvalue weighted by molar-refractivity contribution is 5.92. The molecule has 30 heavy (non-hydrogen) atoms. The van der Waals surface area contributed by atoms with Gasteiger partial charge in [-0.3, -0.25) is 4.79 Å². The number of rotatable bonds is 5. The third kappa shape index (κ3) is 4.82. The summed E-state index contributed by atoms with van der Waals surface area (Å²) in [5.41, 5.74) is 1.44. The van der Waals surface area contributed by atoms with E-state index in [0.717, 1.165) is 31.7 Å². The Morgan fingerprint density at radius 3 is 1.97 bits per heavy atom. The molecule has 0 atom stereocenters. The number of amides is 1. The Balaban J connectivity index is 1.62. The van der Waals surface area contributed by atoms with E-state index < -0.39 is 0 Å². The highest BCUT2D eigenvalue weighted by atomic mass is 16.5. The zero-order chi connectivity index (χ0) is 20.8. The molecule has 1 N–H and O–H groups in total. The molecule has 156 valence electrons. The smallest absolute Gasteiger partial charge is 0.238 e. The largest absolute Gasteiger partial charge is 0.378 e. The van der Waals surface area contributed by atoms with Crippen molar-refractivity contribution in [2.45, 2.75) is 6.42 Å². The normalized spacial score (nSPS) is 16.8. The molecule has 4 rings (SSSR count). The highest BCUT2D eigenvalue weighted by Gasteiger charge is 2.21. The summed E-state index contributed by atoms with van der Waals surface area (Å²) in [5, 5.41) is 11.3. The van der Waals surface area contributed by atoms with Crippen LogP contribution >= 0.6 is 0 Å². The van der Waals surface area contributed by atoms with Crippen molar-refractivity contribution in [1.82, 2.24) is 15.0 Å². The molecule has 0 unspecified atom stereocenters. The van der Waals surface area contributed by atoms with Gasteiger partial charge in [0.25, 0.3) is 0 Å². The van der Waals surface area contributed by atoms with Gasteiger partial charge in [0, 0.05) is 37.4 Å². The van der Waals surface area contributed by atoms with Crippen molar-refractivity contribution in [1.29, 1.82) is 5.26 Å². The van der Waals surface area contributed by atoms with Gasteiger partial charge in [0.05, 0.1) is 32.5 Å². The van der Waals surface area contributed by atoms with E-state index in [4.69, 9.17) is 29.7 Å². The summed E-state index contributed by atoms with van der Waals surface area (Å²) < 4.78 is 10.9. The van der Waals surface area contributed by atoms with Gasteiger partial charge >= 0.3 is 0 Å². The second-order valence-electron chi connectivity index (χ2n) is 6.92. The van der Waals surface area contributed by atoms with Crippen molar-refractivity contribution >= 4 is 23.5 Å². The average Bonchev–Trinajstić information content (AvgIpc) is 2.80. The van der Waals surface area contributed by atoms with Crippen LogP contribution in [0.25, 0.3) is 11.4 Å². The van der Waals surface area contributed by atoms with Crippen LogP contribution in [0.5, 0.6) is 0 Å². The van der Waals surface area contributed by atoms with Crippen molar-refractivity contribution in [3.05, 3.63) is 24.3 Å². The van der Waals surface area contributed by atoms with Crippen LogP contribution in [0.15, 0.2) is 24.3 Å². The van der Waals surface area contributed by atoms with E-state index >= 15 is 0 Å². The molecule has 0 bridgehead atoms. The topological polar surface area (TPSA) is 116 Å². The van der Waals surface area contributed by atoms with Gasteiger partial charge in [-0.25, -0.2) is 0 Å². The number of ether oxygens (including phenoxy) is 2. The number of aromatic nitrogens is 3. The first kappa shape index (κ1) is 20.0. The number of benzene rings is 1. The zero-order valence-electron chi connectivity index (χ0n) is 16.6. The van der Waals surface area contributed by atoms with E-state index in [1.807, 2.05) is 18.2 Å². The lowest BCUT2D eigenvalue weighted by molar-refractivity contribution is -0.115. The Bertz CT molecular complexity index is 881.